The van der Waals surface area contributed by atoms with Crippen LogP contribution in [0.2, 0.25) is 0 Å². The monoisotopic (exact) mass is 474 g/mol. The second-order valence-corrected chi connectivity index (χ2v) is 9.45. The normalized spacial score (nSPS) is 16.0. The molecule has 6 nitrogen and oxygen atoms in total. The van der Waals surface area contributed by atoms with Gasteiger partial charge in [-0.2, -0.15) is 0 Å². The molecule has 4 aromatic rings. The summed E-state index contributed by atoms with van der Waals surface area (Å²) in [6.45, 7) is 1.74. The smallest absolute Gasteiger partial charge is 0.294 e. The first-order chi connectivity index (χ1) is 16.0. The fourth-order valence-corrected chi connectivity index (χ4v) is 5.75. The number of phenols is 1. The van der Waals surface area contributed by atoms with E-state index < -0.39 is 23.5 Å². The molecule has 1 aliphatic rings. The van der Waals surface area contributed by atoms with E-state index >= 15 is 0 Å². The molecular formula is C25H18N2O4S2. The number of hydrogen-bond acceptors (Lipinski definition) is 7. The lowest BCUT2D eigenvalue weighted by Gasteiger charge is -2.26. The summed E-state index contributed by atoms with van der Waals surface area (Å²) in [6.07, 6.45) is 0. The summed E-state index contributed by atoms with van der Waals surface area (Å²) in [5.41, 5.74) is 1.62. The predicted octanol–water partition coefficient (Wildman–Crippen LogP) is 5.67. The molecule has 2 N–H and O–H groups in total. The maximum absolute atomic E-state index is 13.8. The SMILES string of the molecule is Cc1nc(-c2ccccc2)sc1C(=O)C1=C(O)C(=O)N(c2ccccc2O)C1c1cccs1. The van der Waals surface area contributed by atoms with E-state index in [4.69, 9.17) is 0 Å². The van der Waals surface area contributed by atoms with Crippen molar-refractivity contribution in [1.29, 1.82) is 0 Å². The van der Waals surface area contributed by atoms with Crippen molar-refractivity contribution in [1.82, 2.24) is 4.98 Å². The van der Waals surface area contributed by atoms with E-state index in [9.17, 15) is 19.8 Å². The number of Topliss-reactive ketones (excluding diaryl/α,β-unsaturated/α-hetero) is 1. The lowest BCUT2D eigenvalue weighted by Crippen LogP contribution is -2.30. The number of thiazole rings is 1. The summed E-state index contributed by atoms with van der Waals surface area (Å²) in [5, 5.41) is 23.8. The topological polar surface area (TPSA) is 90.7 Å². The summed E-state index contributed by atoms with van der Waals surface area (Å²) in [7, 11) is 0. The van der Waals surface area contributed by atoms with E-state index in [0.29, 0.717) is 20.5 Å². The lowest BCUT2D eigenvalue weighted by atomic mass is 10.00. The third-order valence-corrected chi connectivity index (χ3v) is 7.56. The number of carbonyl (C=O) groups excluding carboxylic acids is 2. The van der Waals surface area contributed by atoms with E-state index in [0.717, 1.165) is 5.56 Å². The maximum Gasteiger partial charge on any atom is 0.294 e. The fraction of sp³-hybridized carbons (Fsp3) is 0.0800. The number of carbonyl (C=O) groups is 2. The number of anilines is 1. The Kier molecular flexibility index (Phi) is 5.32. The Labute approximate surface area is 197 Å². The Hall–Kier alpha value is -3.75. The standard InChI is InChI=1S/C25H18N2O4S2/c1-14-23(33-24(26-14)15-8-3-2-4-9-15)21(29)19-20(18-12-7-13-32-18)27(25(31)22(19)30)16-10-5-6-11-17(16)28/h2-13,20,28,30H,1H3. The first-order valence-electron chi connectivity index (χ1n) is 10.1. The van der Waals surface area contributed by atoms with Crippen LogP contribution in [0.5, 0.6) is 5.75 Å². The van der Waals surface area contributed by atoms with Gasteiger partial charge in [-0.1, -0.05) is 48.5 Å². The minimum absolute atomic E-state index is 0.0166. The molecule has 1 aliphatic heterocycles. The van der Waals surface area contributed by atoms with Crippen LogP contribution < -0.4 is 4.90 Å². The zero-order chi connectivity index (χ0) is 23.1. The number of benzene rings is 2. The molecule has 5 rings (SSSR count). The number of para-hydroxylation sites is 2. The quantitative estimate of drug-likeness (QED) is 0.364. The summed E-state index contributed by atoms with van der Waals surface area (Å²) in [4.78, 5) is 33.8. The minimum atomic E-state index is -0.861. The van der Waals surface area contributed by atoms with Crippen molar-refractivity contribution in [3.05, 3.63) is 98.9 Å². The number of phenolic OH excluding ortho intramolecular Hbond substituents is 1. The van der Waals surface area contributed by atoms with Crippen LogP contribution in [0.3, 0.4) is 0 Å². The number of aliphatic hydroxyl groups excluding tert-OH is 1. The second-order valence-electron chi connectivity index (χ2n) is 7.47. The highest BCUT2D eigenvalue weighted by Gasteiger charge is 2.46. The molecule has 0 saturated heterocycles. The average molecular weight is 475 g/mol. The maximum atomic E-state index is 13.8. The molecule has 0 fully saturated rings. The second kappa shape index (κ2) is 8.31. The summed E-state index contributed by atoms with van der Waals surface area (Å²) in [5.74, 6) is -1.91. The number of ketones is 1. The number of aromatic nitrogens is 1. The molecular weight excluding hydrogens is 456 g/mol. The zero-order valence-electron chi connectivity index (χ0n) is 17.4. The van der Waals surface area contributed by atoms with E-state index in [1.807, 2.05) is 41.8 Å². The van der Waals surface area contributed by atoms with Crippen molar-refractivity contribution in [2.24, 2.45) is 0 Å². The molecule has 0 aliphatic carbocycles. The highest BCUT2D eigenvalue weighted by molar-refractivity contribution is 7.17. The summed E-state index contributed by atoms with van der Waals surface area (Å²) >= 11 is 2.59. The number of rotatable bonds is 5. The molecule has 33 heavy (non-hydrogen) atoms. The van der Waals surface area contributed by atoms with E-state index in [1.165, 1.54) is 33.6 Å². The third-order valence-electron chi connectivity index (χ3n) is 5.43. The van der Waals surface area contributed by atoms with Crippen LogP contribution in [0, 0.1) is 6.92 Å². The van der Waals surface area contributed by atoms with Gasteiger partial charge in [0.05, 0.1) is 21.8 Å². The van der Waals surface area contributed by atoms with Gasteiger partial charge in [-0.05, 0) is 30.5 Å². The van der Waals surface area contributed by atoms with Gasteiger partial charge in [0.2, 0.25) is 5.78 Å². The molecule has 0 saturated carbocycles. The molecule has 3 heterocycles. The van der Waals surface area contributed by atoms with Gasteiger partial charge in [0.1, 0.15) is 16.8 Å². The van der Waals surface area contributed by atoms with Gasteiger partial charge < -0.3 is 10.2 Å². The van der Waals surface area contributed by atoms with Crippen LogP contribution in [0.25, 0.3) is 10.6 Å². The van der Waals surface area contributed by atoms with Crippen molar-refractivity contribution >= 4 is 40.1 Å². The zero-order valence-corrected chi connectivity index (χ0v) is 19.1. The Morgan fingerprint density at radius 2 is 1.73 bits per heavy atom. The molecule has 1 unspecified atom stereocenters. The molecule has 0 radical (unpaired) electrons. The van der Waals surface area contributed by atoms with Crippen molar-refractivity contribution in [3.63, 3.8) is 0 Å². The van der Waals surface area contributed by atoms with Crippen LogP contribution in [0.15, 0.2) is 83.4 Å². The average Bonchev–Trinajstić information content (AvgIpc) is 3.54. The number of nitrogens with zero attached hydrogens (tertiary/aromatic N) is 2. The Morgan fingerprint density at radius 1 is 1.00 bits per heavy atom. The van der Waals surface area contributed by atoms with Crippen molar-refractivity contribution < 1.29 is 19.8 Å². The summed E-state index contributed by atoms with van der Waals surface area (Å²) < 4.78 is 0. The number of aromatic hydroxyl groups is 1. The van der Waals surface area contributed by atoms with Crippen LogP contribution in [-0.2, 0) is 4.79 Å². The highest BCUT2D eigenvalue weighted by Crippen LogP contribution is 2.46. The van der Waals surface area contributed by atoms with E-state index in [-0.39, 0.29) is 17.0 Å². The fourth-order valence-electron chi connectivity index (χ4n) is 3.90. The van der Waals surface area contributed by atoms with Crippen LogP contribution in [0.4, 0.5) is 5.69 Å². The first-order valence-corrected chi connectivity index (χ1v) is 11.8. The molecule has 1 amide bonds. The molecule has 8 heteroatoms. The van der Waals surface area contributed by atoms with E-state index in [1.54, 1.807) is 31.2 Å². The van der Waals surface area contributed by atoms with Gasteiger partial charge >= 0.3 is 0 Å². The Balaban J connectivity index is 1.62. The van der Waals surface area contributed by atoms with Crippen molar-refractivity contribution in [2.75, 3.05) is 4.90 Å². The van der Waals surface area contributed by atoms with Gasteiger partial charge in [-0.15, -0.1) is 22.7 Å². The van der Waals surface area contributed by atoms with E-state index in [2.05, 4.69) is 4.98 Å². The first kappa shape index (κ1) is 21.1. The van der Waals surface area contributed by atoms with Gasteiger partial charge in [0.25, 0.3) is 5.91 Å². The number of hydrogen-bond donors (Lipinski definition) is 2. The van der Waals surface area contributed by atoms with Crippen molar-refractivity contribution in [2.45, 2.75) is 13.0 Å². The molecule has 2 aromatic heterocycles. The van der Waals surface area contributed by atoms with Gasteiger partial charge in [0.15, 0.2) is 5.76 Å². The Morgan fingerprint density at radius 3 is 2.42 bits per heavy atom. The summed E-state index contributed by atoms with van der Waals surface area (Å²) in [6, 6.07) is 18.7. The lowest BCUT2D eigenvalue weighted by molar-refractivity contribution is -0.117. The number of aliphatic hydroxyl groups is 1. The molecule has 0 spiro atoms. The number of thiophene rings is 1. The number of aryl methyl sites for hydroxylation is 1. The predicted molar refractivity (Wildman–Crippen MR) is 129 cm³/mol. The highest BCUT2D eigenvalue weighted by atomic mass is 32.1. The molecule has 164 valence electrons. The van der Waals surface area contributed by atoms with Gasteiger partial charge in [0, 0.05) is 10.4 Å². The van der Waals surface area contributed by atoms with Crippen LogP contribution >= 0.6 is 22.7 Å². The third kappa shape index (κ3) is 3.53. The van der Waals surface area contributed by atoms with Gasteiger partial charge in [-0.3, -0.25) is 14.5 Å². The molecule has 1 atom stereocenters. The number of amides is 1. The molecule has 2 aromatic carbocycles. The van der Waals surface area contributed by atoms with Crippen LogP contribution in [-0.4, -0.2) is 26.9 Å². The Bertz CT molecular complexity index is 1390. The van der Waals surface area contributed by atoms with Crippen LogP contribution in [0.1, 0.15) is 26.3 Å². The molecule has 0 bridgehead atoms. The van der Waals surface area contributed by atoms with Crippen molar-refractivity contribution in [3.8, 4) is 16.3 Å². The minimum Gasteiger partial charge on any atom is -0.506 e. The largest absolute Gasteiger partial charge is 0.506 e. The van der Waals surface area contributed by atoms with Gasteiger partial charge in [-0.25, -0.2) is 4.98 Å².